The zero-order chi connectivity index (χ0) is 20.8. The van der Waals surface area contributed by atoms with Crippen LogP contribution in [-0.2, 0) is 13.0 Å². The minimum absolute atomic E-state index is 0.0645. The van der Waals surface area contributed by atoms with E-state index in [1.807, 2.05) is 31.2 Å². The average molecular weight is 398 g/mol. The highest BCUT2D eigenvalue weighted by molar-refractivity contribution is 5.97. The molecule has 0 saturated carbocycles. The Balaban J connectivity index is 1.74. The van der Waals surface area contributed by atoms with Crippen molar-refractivity contribution in [2.75, 3.05) is 34.5 Å². The number of likely N-dealkylation sites (N-methyl/N-ethyl adjacent to an activating group) is 1. The highest BCUT2D eigenvalue weighted by Gasteiger charge is 2.41. The summed E-state index contributed by atoms with van der Waals surface area (Å²) in [5.41, 5.74) is 4.55. The van der Waals surface area contributed by atoms with Crippen molar-refractivity contribution in [1.82, 2.24) is 0 Å². The molecule has 2 aliphatic heterocycles. The van der Waals surface area contributed by atoms with Gasteiger partial charge >= 0.3 is 0 Å². The summed E-state index contributed by atoms with van der Waals surface area (Å²) < 4.78 is 17.2. The maximum Gasteiger partial charge on any atom is 0.231 e. The van der Waals surface area contributed by atoms with Crippen LogP contribution in [0.2, 0.25) is 0 Å². The number of ether oxygens (including phenoxy) is 3. The lowest BCUT2D eigenvalue weighted by molar-refractivity contribution is -0.922. The highest BCUT2D eigenvalue weighted by Crippen LogP contribution is 2.47. The number of ketones is 1. The molecular formula is C23H28NO5+. The largest absolute Gasteiger partial charge is 0.496 e. The molecule has 0 aliphatic carbocycles. The van der Waals surface area contributed by atoms with Crippen LogP contribution >= 0.6 is 0 Å². The number of rotatable bonds is 5. The van der Waals surface area contributed by atoms with E-state index in [0.29, 0.717) is 28.0 Å². The number of fused-ring (bicyclic) bond motifs is 2. The lowest BCUT2D eigenvalue weighted by Gasteiger charge is -2.43. The van der Waals surface area contributed by atoms with E-state index >= 15 is 0 Å². The number of Topliss-reactive ketones (excluding diaryl/α,β-unsaturated/α-hetero) is 1. The average Bonchev–Trinajstić information content (AvgIpc) is 3.16. The van der Waals surface area contributed by atoms with Crippen LogP contribution in [0.4, 0.5) is 0 Å². The predicted octanol–water partition coefficient (Wildman–Crippen LogP) is 3.17. The Morgan fingerprint density at radius 1 is 1.28 bits per heavy atom. The normalized spacial score (nSPS) is 19.0. The van der Waals surface area contributed by atoms with Gasteiger partial charge in [-0.25, -0.2) is 0 Å². The fraction of sp³-hybridized carbons (Fsp3) is 0.435. The minimum atomic E-state index is -0.138. The van der Waals surface area contributed by atoms with Gasteiger partial charge in [-0.15, -0.1) is 0 Å². The van der Waals surface area contributed by atoms with E-state index < -0.39 is 0 Å². The van der Waals surface area contributed by atoms with Crippen LogP contribution in [0.3, 0.4) is 0 Å². The van der Waals surface area contributed by atoms with Gasteiger partial charge < -0.3 is 23.8 Å². The van der Waals surface area contributed by atoms with Crippen LogP contribution in [0.1, 0.15) is 45.1 Å². The third-order valence-electron chi connectivity index (χ3n) is 6.28. The zero-order valence-electron chi connectivity index (χ0n) is 17.4. The molecule has 0 bridgehead atoms. The summed E-state index contributed by atoms with van der Waals surface area (Å²) in [4.78, 5) is 13.2. The van der Waals surface area contributed by atoms with Crippen LogP contribution in [0, 0.1) is 6.92 Å². The molecule has 0 aromatic heterocycles. The number of aliphatic hydroxyl groups excluding tert-OH is 1. The van der Waals surface area contributed by atoms with E-state index in [1.54, 1.807) is 7.11 Å². The summed E-state index contributed by atoms with van der Waals surface area (Å²) >= 11 is 0. The molecule has 0 fully saturated rings. The van der Waals surface area contributed by atoms with Gasteiger partial charge in [0.1, 0.15) is 11.8 Å². The lowest BCUT2D eigenvalue weighted by atomic mass is 9.83. The molecule has 4 rings (SSSR count). The molecule has 0 amide bonds. The second-order valence-electron chi connectivity index (χ2n) is 8.40. The number of aryl methyl sites for hydroxylation is 1. The van der Waals surface area contributed by atoms with Gasteiger partial charge in [-0.05, 0) is 42.3 Å². The van der Waals surface area contributed by atoms with E-state index in [4.69, 9.17) is 14.2 Å². The van der Waals surface area contributed by atoms with Crippen molar-refractivity contribution >= 4 is 5.78 Å². The monoisotopic (exact) mass is 398 g/mol. The molecule has 154 valence electrons. The number of carbonyl (C=O) groups excluding carboxylic acids is 1. The highest BCUT2D eigenvalue weighted by atomic mass is 16.7. The van der Waals surface area contributed by atoms with Crippen molar-refractivity contribution in [3.8, 4) is 17.2 Å². The van der Waals surface area contributed by atoms with Gasteiger partial charge in [0.25, 0.3) is 0 Å². The molecule has 0 spiro atoms. The molecule has 0 saturated heterocycles. The van der Waals surface area contributed by atoms with Gasteiger partial charge in [-0.3, -0.25) is 4.79 Å². The molecule has 1 N–H and O–H groups in total. The number of aliphatic hydroxyl groups is 1. The molecule has 2 heterocycles. The molecular weight excluding hydrogens is 370 g/mol. The molecule has 6 heteroatoms. The summed E-state index contributed by atoms with van der Waals surface area (Å²) in [5.74, 6) is 2.17. The SMILES string of the molecule is COc1ccc(C(=O)CC2c3c(cc4c(c3CO)OCO4)CC[N+]2(C)C)cc1C. The topological polar surface area (TPSA) is 65.0 Å². The Bertz CT molecular complexity index is 966. The third-order valence-corrected chi connectivity index (χ3v) is 6.28. The Morgan fingerprint density at radius 3 is 2.76 bits per heavy atom. The van der Waals surface area contributed by atoms with Gasteiger partial charge in [0.2, 0.25) is 6.79 Å². The fourth-order valence-electron chi connectivity index (χ4n) is 4.57. The van der Waals surface area contributed by atoms with E-state index in [2.05, 4.69) is 14.1 Å². The number of hydrogen-bond acceptors (Lipinski definition) is 5. The molecule has 2 aliphatic rings. The van der Waals surface area contributed by atoms with Crippen molar-refractivity contribution in [2.24, 2.45) is 0 Å². The van der Waals surface area contributed by atoms with E-state index in [0.717, 1.165) is 41.0 Å². The quantitative estimate of drug-likeness (QED) is 0.619. The predicted molar refractivity (Wildman–Crippen MR) is 109 cm³/mol. The molecule has 1 unspecified atom stereocenters. The summed E-state index contributed by atoms with van der Waals surface area (Å²) in [6.07, 6.45) is 1.23. The molecule has 0 radical (unpaired) electrons. The molecule has 1 atom stereocenters. The van der Waals surface area contributed by atoms with Crippen molar-refractivity contribution in [3.63, 3.8) is 0 Å². The second-order valence-corrected chi connectivity index (χ2v) is 8.40. The first-order valence-corrected chi connectivity index (χ1v) is 9.91. The smallest absolute Gasteiger partial charge is 0.231 e. The van der Waals surface area contributed by atoms with Gasteiger partial charge in [-0.2, -0.15) is 0 Å². The Labute approximate surface area is 171 Å². The first-order valence-electron chi connectivity index (χ1n) is 9.91. The van der Waals surface area contributed by atoms with E-state index in [9.17, 15) is 9.90 Å². The Morgan fingerprint density at radius 2 is 2.07 bits per heavy atom. The van der Waals surface area contributed by atoms with Gasteiger partial charge in [0.15, 0.2) is 17.3 Å². The molecule has 2 aromatic rings. The number of methoxy groups -OCH3 is 1. The van der Waals surface area contributed by atoms with Crippen LogP contribution in [0.15, 0.2) is 24.3 Å². The zero-order valence-corrected chi connectivity index (χ0v) is 17.4. The number of hydrogen-bond donors (Lipinski definition) is 1. The fourth-order valence-corrected chi connectivity index (χ4v) is 4.57. The van der Waals surface area contributed by atoms with Crippen molar-refractivity contribution in [1.29, 1.82) is 0 Å². The minimum Gasteiger partial charge on any atom is -0.496 e. The number of nitrogens with zero attached hydrogens (tertiary/aromatic N) is 1. The third kappa shape index (κ3) is 3.36. The van der Waals surface area contributed by atoms with Crippen LogP contribution < -0.4 is 14.2 Å². The summed E-state index contributed by atoms with van der Waals surface area (Å²) in [5, 5.41) is 10.1. The summed E-state index contributed by atoms with van der Waals surface area (Å²) in [7, 11) is 5.92. The Hall–Kier alpha value is -2.57. The first kappa shape index (κ1) is 19.7. The maximum atomic E-state index is 13.2. The number of quaternary nitrogens is 1. The number of benzene rings is 2. The first-order chi connectivity index (χ1) is 13.9. The second kappa shape index (κ2) is 7.35. The molecule has 6 nitrogen and oxygen atoms in total. The van der Waals surface area contributed by atoms with Gasteiger partial charge in [0, 0.05) is 23.1 Å². The standard InChI is InChI=1S/C23H28NO5/c1-14-9-15(5-6-20(14)27-4)19(26)11-18-22-16(7-8-24(18,2)3)10-21-23(17(22)12-25)29-13-28-21/h5-6,9-10,18,25H,7-8,11-13H2,1-4H3/q+1. The lowest BCUT2D eigenvalue weighted by Crippen LogP contribution is -2.49. The summed E-state index contributed by atoms with van der Waals surface area (Å²) in [6.45, 7) is 2.88. The number of carbonyl (C=O) groups is 1. The van der Waals surface area contributed by atoms with Crippen LogP contribution in [0.5, 0.6) is 17.2 Å². The van der Waals surface area contributed by atoms with Gasteiger partial charge in [-0.1, -0.05) is 0 Å². The summed E-state index contributed by atoms with van der Waals surface area (Å²) in [6, 6.07) is 7.51. The van der Waals surface area contributed by atoms with Crippen molar-refractivity contribution in [3.05, 3.63) is 52.1 Å². The molecule has 2 aromatic carbocycles. The van der Waals surface area contributed by atoms with Crippen molar-refractivity contribution in [2.45, 2.75) is 32.4 Å². The van der Waals surface area contributed by atoms with Crippen LogP contribution in [0.25, 0.3) is 0 Å². The Kier molecular flexibility index (Phi) is 5.00. The maximum absolute atomic E-state index is 13.2. The van der Waals surface area contributed by atoms with E-state index in [1.165, 1.54) is 0 Å². The van der Waals surface area contributed by atoms with Crippen LogP contribution in [-0.4, -0.2) is 49.9 Å². The van der Waals surface area contributed by atoms with E-state index in [-0.39, 0.29) is 25.2 Å². The molecule has 29 heavy (non-hydrogen) atoms. The van der Waals surface area contributed by atoms with Crippen molar-refractivity contribution < 1.29 is 28.6 Å². The van der Waals surface area contributed by atoms with Gasteiger partial charge in [0.05, 0.1) is 40.8 Å².